The molecule has 2 aromatic rings. The fourth-order valence-corrected chi connectivity index (χ4v) is 3.83. The van der Waals surface area contributed by atoms with Gasteiger partial charge in [-0.05, 0) is 60.1 Å². The normalized spacial score (nSPS) is 15.8. The molecule has 4 heteroatoms. The third-order valence-corrected chi connectivity index (χ3v) is 5.61. The lowest BCUT2D eigenvalue weighted by Crippen LogP contribution is -2.41. The summed E-state index contributed by atoms with van der Waals surface area (Å²) in [5.74, 6) is 1.12. The number of anilines is 2. The quantitative estimate of drug-likeness (QED) is 0.605. The largest absolute Gasteiger partial charge is 0.310 e. The van der Waals surface area contributed by atoms with E-state index in [0.717, 1.165) is 32.0 Å². The van der Waals surface area contributed by atoms with Crippen molar-refractivity contribution < 1.29 is 0 Å². The van der Waals surface area contributed by atoms with Crippen LogP contribution in [0, 0.1) is 13.8 Å². The van der Waals surface area contributed by atoms with Gasteiger partial charge in [0.1, 0.15) is 0 Å². The first-order valence-electron chi connectivity index (χ1n) is 9.65. The van der Waals surface area contributed by atoms with Crippen LogP contribution in [0.15, 0.2) is 41.4 Å². The van der Waals surface area contributed by atoms with Crippen molar-refractivity contribution in [2.24, 2.45) is 4.99 Å². The summed E-state index contributed by atoms with van der Waals surface area (Å²) in [6, 6.07) is 13.7. The lowest BCUT2D eigenvalue weighted by molar-refractivity contribution is 0.590. The first kappa shape index (κ1) is 19.9. The number of rotatable bonds is 2. The van der Waals surface area contributed by atoms with Crippen LogP contribution in [0.5, 0.6) is 0 Å². The third-order valence-electron chi connectivity index (χ3n) is 5.61. The molecule has 3 nitrogen and oxygen atoms in total. The SMILES string of the molecule is Br.Cc1cc2c(cc1C)N(Cc1ccc(C(C)(C)C)cc1)C1=NCCCN12. The van der Waals surface area contributed by atoms with E-state index < -0.39 is 0 Å². The van der Waals surface area contributed by atoms with E-state index in [0.29, 0.717) is 0 Å². The predicted octanol–water partition coefficient (Wildman–Crippen LogP) is 5.77. The average Bonchev–Trinajstić information content (AvgIpc) is 2.89. The summed E-state index contributed by atoms with van der Waals surface area (Å²) in [5, 5.41) is 0. The molecule has 0 atom stereocenters. The highest BCUT2D eigenvalue weighted by Gasteiger charge is 2.34. The molecule has 0 radical (unpaired) electrons. The Kier molecular flexibility index (Phi) is 5.40. The Morgan fingerprint density at radius 2 is 1.59 bits per heavy atom. The van der Waals surface area contributed by atoms with Crippen molar-refractivity contribution in [3.63, 3.8) is 0 Å². The van der Waals surface area contributed by atoms with E-state index in [1.807, 2.05) is 0 Å². The molecule has 2 heterocycles. The van der Waals surface area contributed by atoms with Gasteiger partial charge in [-0.3, -0.25) is 4.99 Å². The number of benzene rings is 2. The molecule has 0 saturated carbocycles. The van der Waals surface area contributed by atoms with Gasteiger partial charge in [0.15, 0.2) is 0 Å². The van der Waals surface area contributed by atoms with Crippen molar-refractivity contribution >= 4 is 34.3 Å². The topological polar surface area (TPSA) is 18.8 Å². The van der Waals surface area contributed by atoms with Gasteiger partial charge in [-0.2, -0.15) is 0 Å². The zero-order valence-corrected chi connectivity index (χ0v) is 18.8. The second kappa shape index (κ2) is 7.31. The number of fused-ring (bicyclic) bond motifs is 3. The van der Waals surface area contributed by atoms with Gasteiger partial charge in [0, 0.05) is 13.1 Å². The molecule has 0 amide bonds. The number of halogens is 1. The van der Waals surface area contributed by atoms with Gasteiger partial charge in [-0.15, -0.1) is 17.0 Å². The van der Waals surface area contributed by atoms with Gasteiger partial charge < -0.3 is 9.80 Å². The molecule has 2 aliphatic rings. The van der Waals surface area contributed by atoms with Crippen LogP contribution in [0.1, 0.15) is 49.4 Å². The van der Waals surface area contributed by atoms with Crippen molar-refractivity contribution in [3.8, 4) is 0 Å². The van der Waals surface area contributed by atoms with Gasteiger partial charge in [-0.25, -0.2) is 0 Å². The monoisotopic (exact) mass is 427 g/mol. The van der Waals surface area contributed by atoms with Crippen molar-refractivity contribution in [1.29, 1.82) is 0 Å². The summed E-state index contributed by atoms with van der Waals surface area (Å²) in [5.41, 5.74) is 8.22. The van der Waals surface area contributed by atoms with Gasteiger partial charge in [0.25, 0.3) is 0 Å². The molecule has 0 fully saturated rings. The molecule has 27 heavy (non-hydrogen) atoms. The second-order valence-electron chi connectivity index (χ2n) is 8.65. The van der Waals surface area contributed by atoms with Crippen molar-refractivity contribution in [1.82, 2.24) is 0 Å². The molecule has 0 aromatic heterocycles. The van der Waals surface area contributed by atoms with Gasteiger partial charge in [-0.1, -0.05) is 45.0 Å². The summed E-state index contributed by atoms with van der Waals surface area (Å²) in [7, 11) is 0. The fourth-order valence-electron chi connectivity index (χ4n) is 3.83. The van der Waals surface area contributed by atoms with Crippen molar-refractivity contribution in [3.05, 3.63) is 58.7 Å². The summed E-state index contributed by atoms with van der Waals surface area (Å²) in [6.07, 6.45) is 1.13. The lowest BCUT2D eigenvalue weighted by atomic mass is 9.87. The van der Waals surface area contributed by atoms with Crippen LogP contribution < -0.4 is 9.80 Å². The van der Waals surface area contributed by atoms with E-state index in [2.05, 4.69) is 80.8 Å². The maximum Gasteiger partial charge on any atom is 0.206 e. The van der Waals surface area contributed by atoms with Crippen LogP contribution in [0.3, 0.4) is 0 Å². The molecule has 2 aromatic carbocycles. The highest BCUT2D eigenvalue weighted by Crippen LogP contribution is 2.41. The van der Waals surface area contributed by atoms with E-state index >= 15 is 0 Å². The molecule has 4 rings (SSSR count). The summed E-state index contributed by atoms with van der Waals surface area (Å²) in [6.45, 7) is 14.0. The number of aryl methyl sites for hydroxylation is 2. The highest BCUT2D eigenvalue weighted by molar-refractivity contribution is 8.93. The van der Waals surface area contributed by atoms with Crippen LogP contribution in [-0.2, 0) is 12.0 Å². The van der Waals surface area contributed by atoms with E-state index in [9.17, 15) is 0 Å². The number of nitrogens with zero attached hydrogens (tertiary/aromatic N) is 3. The molecule has 0 N–H and O–H groups in total. The molecular formula is C23H30BrN3. The molecule has 0 saturated heterocycles. The molecule has 0 bridgehead atoms. The fraction of sp³-hybridized carbons (Fsp3) is 0.435. The highest BCUT2D eigenvalue weighted by atomic mass is 79.9. The van der Waals surface area contributed by atoms with Crippen LogP contribution >= 0.6 is 17.0 Å². The summed E-state index contributed by atoms with van der Waals surface area (Å²) in [4.78, 5) is 9.66. The summed E-state index contributed by atoms with van der Waals surface area (Å²) >= 11 is 0. The Balaban J connectivity index is 0.00000210. The summed E-state index contributed by atoms with van der Waals surface area (Å²) < 4.78 is 0. The van der Waals surface area contributed by atoms with Crippen molar-refractivity contribution in [2.75, 3.05) is 22.9 Å². The molecule has 144 valence electrons. The van der Waals surface area contributed by atoms with Gasteiger partial charge in [0.2, 0.25) is 5.96 Å². The van der Waals surface area contributed by atoms with Gasteiger partial charge >= 0.3 is 0 Å². The Hall–Kier alpha value is -1.81. The maximum absolute atomic E-state index is 4.87. The number of hydrogen-bond donors (Lipinski definition) is 0. The zero-order chi connectivity index (χ0) is 18.5. The minimum absolute atomic E-state index is 0. The van der Waals surface area contributed by atoms with E-state index in [1.54, 1.807) is 0 Å². The van der Waals surface area contributed by atoms with Crippen LogP contribution in [0.2, 0.25) is 0 Å². The van der Waals surface area contributed by atoms with E-state index in [4.69, 9.17) is 4.99 Å². The zero-order valence-electron chi connectivity index (χ0n) is 17.0. The third kappa shape index (κ3) is 3.64. The van der Waals surface area contributed by atoms with Crippen LogP contribution in [0.25, 0.3) is 0 Å². The minimum Gasteiger partial charge on any atom is -0.310 e. The molecule has 2 aliphatic heterocycles. The Morgan fingerprint density at radius 3 is 2.22 bits per heavy atom. The minimum atomic E-state index is 0. The molecular weight excluding hydrogens is 398 g/mol. The Morgan fingerprint density at radius 1 is 0.963 bits per heavy atom. The second-order valence-corrected chi connectivity index (χ2v) is 8.65. The lowest BCUT2D eigenvalue weighted by Gasteiger charge is -2.27. The predicted molar refractivity (Wildman–Crippen MR) is 122 cm³/mol. The Bertz CT molecular complexity index is 862. The van der Waals surface area contributed by atoms with E-state index in [-0.39, 0.29) is 22.4 Å². The standard InChI is InChI=1S/C23H29N3.BrH/c1-16-13-20-21(14-17(16)2)26(22-24-11-6-12-25(20)22)15-18-7-9-19(10-8-18)23(3,4)5;/h7-10,13-14H,6,11-12,15H2,1-5H3;1H. The maximum atomic E-state index is 4.87. The van der Waals surface area contributed by atoms with Crippen LogP contribution in [0.4, 0.5) is 11.4 Å². The molecule has 0 aliphatic carbocycles. The average molecular weight is 428 g/mol. The smallest absolute Gasteiger partial charge is 0.206 e. The number of hydrogen-bond acceptors (Lipinski definition) is 3. The van der Waals surface area contributed by atoms with E-state index in [1.165, 1.54) is 33.6 Å². The number of guanidine groups is 1. The first-order valence-corrected chi connectivity index (χ1v) is 9.65. The molecule has 0 spiro atoms. The number of aliphatic imine (C=N–C) groups is 1. The van der Waals surface area contributed by atoms with Crippen molar-refractivity contribution in [2.45, 2.75) is 53.0 Å². The first-order chi connectivity index (χ1) is 12.3. The molecule has 0 unspecified atom stereocenters. The van der Waals surface area contributed by atoms with Crippen LogP contribution in [-0.4, -0.2) is 19.0 Å². The Labute approximate surface area is 173 Å². The van der Waals surface area contributed by atoms with Gasteiger partial charge in [0.05, 0.1) is 17.9 Å².